The summed E-state index contributed by atoms with van der Waals surface area (Å²) in [6.45, 7) is 2.43. The molecule has 0 atom stereocenters. The first-order valence-electron chi connectivity index (χ1n) is 12.8. The van der Waals surface area contributed by atoms with E-state index in [2.05, 4.69) is 16.0 Å². The molecule has 9 heteroatoms. The maximum absolute atomic E-state index is 13.3. The molecule has 0 unspecified atom stereocenters. The molecule has 0 radical (unpaired) electrons. The summed E-state index contributed by atoms with van der Waals surface area (Å²) < 4.78 is 18.6. The van der Waals surface area contributed by atoms with Gasteiger partial charge in [-0.1, -0.05) is 36.4 Å². The van der Waals surface area contributed by atoms with Crippen LogP contribution in [0.3, 0.4) is 0 Å². The molecule has 41 heavy (non-hydrogen) atoms. The van der Waals surface area contributed by atoms with Gasteiger partial charge < -0.3 is 20.7 Å². The average Bonchev–Trinajstić information content (AvgIpc) is 2.98. The number of amides is 3. The van der Waals surface area contributed by atoms with Crippen LogP contribution in [0.1, 0.15) is 22.8 Å². The Hall–Kier alpha value is -4.89. The predicted octanol–water partition coefficient (Wildman–Crippen LogP) is 6.36. The third-order valence-electron chi connectivity index (χ3n) is 5.62. The Morgan fingerprint density at radius 2 is 1.56 bits per heavy atom. The molecule has 0 fully saturated rings. The molecule has 0 aliphatic carbocycles. The van der Waals surface area contributed by atoms with Gasteiger partial charge >= 0.3 is 0 Å². The summed E-state index contributed by atoms with van der Waals surface area (Å²) in [5, 5.41) is 8.26. The van der Waals surface area contributed by atoms with Crippen LogP contribution in [0.15, 0.2) is 114 Å². The third kappa shape index (κ3) is 9.08. The van der Waals surface area contributed by atoms with Crippen LogP contribution in [0.2, 0.25) is 0 Å². The van der Waals surface area contributed by atoms with Gasteiger partial charge in [-0.15, -0.1) is 11.8 Å². The highest BCUT2D eigenvalue weighted by Gasteiger charge is 2.15. The van der Waals surface area contributed by atoms with Gasteiger partial charge in [0, 0.05) is 21.8 Å². The molecule has 0 saturated carbocycles. The maximum Gasteiger partial charge on any atom is 0.272 e. The normalized spacial score (nSPS) is 10.9. The third-order valence-corrected chi connectivity index (χ3v) is 6.61. The summed E-state index contributed by atoms with van der Waals surface area (Å²) in [5.41, 5.74) is 2.16. The predicted molar refractivity (Wildman–Crippen MR) is 160 cm³/mol. The van der Waals surface area contributed by atoms with Gasteiger partial charge in [-0.2, -0.15) is 0 Å². The molecule has 0 aliphatic heterocycles. The highest BCUT2D eigenvalue weighted by molar-refractivity contribution is 8.00. The fraction of sp³-hybridized carbons (Fsp3) is 0.0938. The van der Waals surface area contributed by atoms with E-state index in [4.69, 9.17) is 4.74 Å². The van der Waals surface area contributed by atoms with Crippen molar-refractivity contribution in [1.29, 1.82) is 0 Å². The molecule has 0 bridgehead atoms. The molecule has 7 nitrogen and oxygen atoms in total. The second-order valence-electron chi connectivity index (χ2n) is 8.71. The summed E-state index contributed by atoms with van der Waals surface area (Å²) in [6, 6.07) is 28.3. The first-order valence-corrected chi connectivity index (χ1v) is 13.8. The van der Waals surface area contributed by atoms with E-state index in [1.807, 2.05) is 13.0 Å². The minimum absolute atomic E-state index is 0.0553. The van der Waals surface area contributed by atoms with Crippen molar-refractivity contribution in [1.82, 2.24) is 5.32 Å². The Morgan fingerprint density at radius 3 is 2.27 bits per heavy atom. The van der Waals surface area contributed by atoms with E-state index >= 15 is 0 Å². The first kappa shape index (κ1) is 29.1. The lowest BCUT2D eigenvalue weighted by atomic mass is 10.1. The zero-order valence-electron chi connectivity index (χ0n) is 22.2. The van der Waals surface area contributed by atoms with Crippen molar-refractivity contribution in [3.05, 3.63) is 126 Å². The Kier molecular flexibility index (Phi) is 10.3. The van der Waals surface area contributed by atoms with Crippen LogP contribution < -0.4 is 20.7 Å². The van der Waals surface area contributed by atoms with E-state index < -0.39 is 11.8 Å². The van der Waals surface area contributed by atoms with Crippen LogP contribution in [0.5, 0.6) is 5.75 Å². The van der Waals surface area contributed by atoms with Gasteiger partial charge in [-0.05, 0) is 85.3 Å². The van der Waals surface area contributed by atoms with Crippen molar-refractivity contribution in [3.8, 4) is 5.75 Å². The molecule has 208 valence electrons. The van der Waals surface area contributed by atoms with Crippen LogP contribution in [0.4, 0.5) is 15.8 Å². The fourth-order valence-electron chi connectivity index (χ4n) is 3.68. The van der Waals surface area contributed by atoms with Gasteiger partial charge in [0.15, 0.2) is 0 Å². The number of hydrogen-bond acceptors (Lipinski definition) is 5. The number of carbonyl (C=O) groups excluding carboxylic acids is 3. The summed E-state index contributed by atoms with van der Waals surface area (Å²) in [5.74, 6) is -0.753. The summed E-state index contributed by atoms with van der Waals surface area (Å²) in [6.07, 6.45) is 1.59. The molecular weight excluding hydrogens is 541 g/mol. The highest BCUT2D eigenvalue weighted by Crippen LogP contribution is 2.23. The Morgan fingerprint density at radius 1 is 0.829 bits per heavy atom. The van der Waals surface area contributed by atoms with Crippen LogP contribution >= 0.6 is 11.8 Å². The van der Waals surface area contributed by atoms with Crippen molar-refractivity contribution in [3.63, 3.8) is 0 Å². The van der Waals surface area contributed by atoms with E-state index in [1.54, 1.807) is 78.9 Å². The molecule has 0 aliphatic rings. The number of thioether (sulfide) groups is 1. The Bertz CT molecular complexity index is 1530. The second-order valence-corrected chi connectivity index (χ2v) is 9.75. The molecule has 4 aromatic carbocycles. The lowest BCUT2D eigenvalue weighted by Crippen LogP contribution is -2.30. The zero-order chi connectivity index (χ0) is 29.0. The number of benzene rings is 4. The molecular formula is C32H28FN3O4S. The van der Waals surface area contributed by atoms with Crippen molar-refractivity contribution >= 4 is 46.9 Å². The molecule has 3 N–H and O–H groups in total. The number of hydrogen-bond donors (Lipinski definition) is 3. The zero-order valence-corrected chi connectivity index (χ0v) is 23.0. The molecule has 3 amide bonds. The summed E-state index contributed by atoms with van der Waals surface area (Å²) in [4.78, 5) is 39.3. The van der Waals surface area contributed by atoms with Crippen LogP contribution in [0.25, 0.3) is 6.08 Å². The van der Waals surface area contributed by atoms with Gasteiger partial charge in [-0.25, -0.2) is 4.39 Å². The van der Waals surface area contributed by atoms with E-state index in [0.29, 0.717) is 34.9 Å². The number of ether oxygens (including phenoxy) is 1. The van der Waals surface area contributed by atoms with Crippen molar-refractivity contribution in [2.45, 2.75) is 11.8 Å². The van der Waals surface area contributed by atoms with E-state index in [1.165, 1.54) is 36.0 Å². The lowest BCUT2D eigenvalue weighted by molar-refractivity contribution is -0.114. The van der Waals surface area contributed by atoms with Crippen LogP contribution in [-0.2, 0) is 9.59 Å². The number of carbonyl (C=O) groups is 3. The van der Waals surface area contributed by atoms with E-state index in [0.717, 1.165) is 4.90 Å². The quantitative estimate of drug-likeness (QED) is 0.144. The molecule has 0 aromatic heterocycles. The van der Waals surface area contributed by atoms with Crippen LogP contribution in [0, 0.1) is 5.82 Å². The molecule has 4 aromatic rings. The lowest BCUT2D eigenvalue weighted by Gasteiger charge is -2.12. The molecule has 0 heterocycles. The smallest absolute Gasteiger partial charge is 0.272 e. The number of halogens is 1. The number of nitrogens with one attached hydrogen (secondary N) is 3. The Labute approximate surface area is 241 Å². The summed E-state index contributed by atoms with van der Waals surface area (Å²) in [7, 11) is 0. The van der Waals surface area contributed by atoms with Crippen molar-refractivity contribution in [2.24, 2.45) is 0 Å². The topological polar surface area (TPSA) is 96.5 Å². The van der Waals surface area contributed by atoms with Crippen molar-refractivity contribution in [2.75, 3.05) is 23.0 Å². The van der Waals surface area contributed by atoms with Crippen molar-refractivity contribution < 1.29 is 23.5 Å². The van der Waals surface area contributed by atoms with Gasteiger partial charge in [0.05, 0.1) is 12.4 Å². The van der Waals surface area contributed by atoms with Gasteiger partial charge in [0.1, 0.15) is 17.3 Å². The van der Waals surface area contributed by atoms with E-state index in [-0.39, 0.29) is 23.2 Å². The highest BCUT2D eigenvalue weighted by atomic mass is 32.2. The molecule has 0 saturated heterocycles. The minimum Gasteiger partial charge on any atom is -0.494 e. The molecule has 0 spiro atoms. The fourth-order valence-corrected chi connectivity index (χ4v) is 4.43. The van der Waals surface area contributed by atoms with E-state index in [9.17, 15) is 18.8 Å². The van der Waals surface area contributed by atoms with Gasteiger partial charge in [-0.3, -0.25) is 14.4 Å². The maximum atomic E-state index is 13.3. The summed E-state index contributed by atoms with van der Waals surface area (Å²) >= 11 is 1.28. The van der Waals surface area contributed by atoms with Gasteiger partial charge in [0.25, 0.3) is 11.8 Å². The Balaban J connectivity index is 1.45. The number of anilines is 2. The largest absolute Gasteiger partial charge is 0.494 e. The first-order chi connectivity index (χ1) is 19.9. The standard InChI is InChI=1S/C32H28FN3O4S/c1-2-40-27-17-11-22(12-18-27)19-29(36-31(38)23-7-4-3-5-8-23)32(39)35-26-9-6-10-28(20-26)41-21-30(37)34-25-15-13-24(33)14-16-25/h3-20H,2,21H2,1H3,(H,34,37)(H,35,39)(H,36,38)/b29-19+. The SMILES string of the molecule is CCOc1ccc(/C=C(/NC(=O)c2ccccc2)C(=O)Nc2cccc(SCC(=O)Nc3ccc(F)cc3)c2)cc1. The minimum atomic E-state index is -0.514. The van der Waals surface area contributed by atoms with Crippen LogP contribution in [-0.4, -0.2) is 30.1 Å². The monoisotopic (exact) mass is 569 g/mol. The molecule has 4 rings (SSSR count). The average molecular weight is 570 g/mol. The second kappa shape index (κ2) is 14.5. The van der Waals surface area contributed by atoms with Gasteiger partial charge in [0.2, 0.25) is 5.91 Å². The number of rotatable bonds is 11.